The lowest BCUT2D eigenvalue weighted by Crippen LogP contribution is -2.44. The Balaban J connectivity index is 1.75. The lowest BCUT2D eigenvalue weighted by molar-refractivity contribution is -0.142. The van der Waals surface area contributed by atoms with E-state index in [0.717, 1.165) is 47.4 Å². The van der Waals surface area contributed by atoms with E-state index in [0.29, 0.717) is 18.7 Å². The van der Waals surface area contributed by atoms with Crippen LogP contribution >= 0.6 is 0 Å². The molecule has 3 aromatic rings. The SMILES string of the molecule is CC(=O)N1CCC[C@H](Cn2c(-c3cc(C)c(=O)n(C)c3)nc3ccc(CN[C@H](C(=O)O)[C@@H](C)O)cc32)C1. The third kappa shape index (κ3) is 5.75. The van der Waals surface area contributed by atoms with Gasteiger partial charge in [0.25, 0.3) is 5.56 Å². The van der Waals surface area contributed by atoms with Crippen molar-refractivity contribution in [1.82, 2.24) is 24.3 Å². The van der Waals surface area contributed by atoms with E-state index >= 15 is 0 Å². The first-order valence-electron chi connectivity index (χ1n) is 12.6. The smallest absolute Gasteiger partial charge is 0.323 e. The van der Waals surface area contributed by atoms with Gasteiger partial charge < -0.3 is 24.2 Å². The van der Waals surface area contributed by atoms with Gasteiger partial charge in [-0.05, 0) is 56.4 Å². The van der Waals surface area contributed by atoms with Crippen LogP contribution in [0.15, 0.2) is 35.3 Å². The number of carboxylic acids is 1. The summed E-state index contributed by atoms with van der Waals surface area (Å²) < 4.78 is 3.71. The summed E-state index contributed by atoms with van der Waals surface area (Å²) in [5.41, 5.74) is 3.93. The number of aliphatic hydroxyl groups excluding tert-OH is 1. The minimum absolute atomic E-state index is 0.0600. The zero-order valence-electron chi connectivity index (χ0n) is 21.8. The Morgan fingerprint density at radius 3 is 2.68 bits per heavy atom. The van der Waals surface area contributed by atoms with Gasteiger partial charge >= 0.3 is 5.97 Å². The van der Waals surface area contributed by atoms with Gasteiger partial charge in [-0.3, -0.25) is 19.7 Å². The number of amides is 1. The maximum atomic E-state index is 12.3. The minimum Gasteiger partial charge on any atom is -0.480 e. The molecule has 0 radical (unpaired) electrons. The molecule has 1 aliphatic rings. The minimum atomic E-state index is -1.11. The monoisotopic (exact) mass is 509 g/mol. The lowest BCUT2D eigenvalue weighted by Gasteiger charge is -2.32. The highest BCUT2D eigenvalue weighted by Gasteiger charge is 2.25. The summed E-state index contributed by atoms with van der Waals surface area (Å²) in [4.78, 5) is 42.6. The second-order valence-electron chi connectivity index (χ2n) is 10.1. The van der Waals surface area contributed by atoms with Crippen LogP contribution in [0.5, 0.6) is 0 Å². The van der Waals surface area contributed by atoms with Gasteiger partial charge in [-0.15, -0.1) is 0 Å². The molecule has 3 N–H and O–H groups in total. The molecule has 3 heterocycles. The van der Waals surface area contributed by atoms with Crippen LogP contribution in [0, 0.1) is 12.8 Å². The number of hydrogen-bond donors (Lipinski definition) is 3. The van der Waals surface area contributed by atoms with Crippen molar-refractivity contribution < 1.29 is 19.8 Å². The molecule has 1 fully saturated rings. The number of aliphatic carboxylic acids is 1. The summed E-state index contributed by atoms with van der Waals surface area (Å²) in [6.07, 6.45) is 2.68. The van der Waals surface area contributed by atoms with Crippen LogP contribution in [0.2, 0.25) is 0 Å². The molecule has 10 heteroatoms. The summed E-state index contributed by atoms with van der Waals surface area (Å²) in [5, 5.41) is 22.1. The molecule has 1 aliphatic heterocycles. The highest BCUT2D eigenvalue weighted by atomic mass is 16.4. The molecule has 0 aliphatic carbocycles. The van der Waals surface area contributed by atoms with E-state index in [1.807, 2.05) is 29.2 Å². The van der Waals surface area contributed by atoms with E-state index < -0.39 is 18.1 Å². The van der Waals surface area contributed by atoms with E-state index in [-0.39, 0.29) is 23.9 Å². The third-order valence-electron chi connectivity index (χ3n) is 7.11. The number of pyridine rings is 1. The Morgan fingerprint density at radius 1 is 1.27 bits per heavy atom. The van der Waals surface area contributed by atoms with Gasteiger partial charge in [0.05, 0.1) is 17.1 Å². The van der Waals surface area contributed by atoms with Crippen molar-refractivity contribution in [3.05, 3.63) is 51.9 Å². The number of benzene rings is 1. The Morgan fingerprint density at radius 2 is 2.03 bits per heavy atom. The molecular formula is C27H35N5O5. The van der Waals surface area contributed by atoms with Crippen LogP contribution in [-0.4, -0.2) is 66.3 Å². The number of fused-ring (bicyclic) bond motifs is 1. The molecule has 3 atom stereocenters. The number of likely N-dealkylation sites (tertiary alicyclic amines) is 1. The van der Waals surface area contributed by atoms with Crippen LogP contribution in [0.25, 0.3) is 22.4 Å². The van der Waals surface area contributed by atoms with Gasteiger partial charge in [-0.25, -0.2) is 4.98 Å². The molecule has 198 valence electrons. The molecule has 4 rings (SSSR count). The van der Waals surface area contributed by atoms with Crippen molar-refractivity contribution in [2.75, 3.05) is 13.1 Å². The van der Waals surface area contributed by atoms with Crippen LogP contribution in [0.1, 0.15) is 37.8 Å². The van der Waals surface area contributed by atoms with E-state index in [1.54, 1.807) is 31.7 Å². The van der Waals surface area contributed by atoms with Gasteiger partial charge in [0, 0.05) is 57.5 Å². The Kier molecular flexibility index (Phi) is 7.79. The zero-order valence-corrected chi connectivity index (χ0v) is 21.8. The maximum absolute atomic E-state index is 12.3. The summed E-state index contributed by atoms with van der Waals surface area (Å²) in [5.74, 6) is -0.0451. The van der Waals surface area contributed by atoms with E-state index in [9.17, 15) is 24.6 Å². The predicted octanol–water partition coefficient (Wildman–Crippen LogP) is 1.89. The van der Waals surface area contributed by atoms with Crippen molar-refractivity contribution in [3.8, 4) is 11.4 Å². The molecule has 0 unspecified atom stereocenters. The first kappa shape index (κ1) is 26.6. The van der Waals surface area contributed by atoms with Gasteiger partial charge in [0.1, 0.15) is 11.9 Å². The van der Waals surface area contributed by atoms with E-state index in [1.165, 1.54) is 6.92 Å². The average Bonchev–Trinajstić information content (AvgIpc) is 3.19. The van der Waals surface area contributed by atoms with Gasteiger partial charge in [-0.2, -0.15) is 0 Å². The molecule has 2 aromatic heterocycles. The number of aryl methyl sites for hydroxylation is 2. The highest BCUT2D eigenvalue weighted by molar-refractivity contribution is 5.81. The molecular weight excluding hydrogens is 474 g/mol. The summed E-state index contributed by atoms with van der Waals surface area (Å²) in [7, 11) is 1.72. The van der Waals surface area contributed by atoms with Crippen LogP contribution in [-0.2, 0) is 29.7 Å². The first-order valence-corrected chi connectivity index (χ1v) is 12.6. The van der Waals surface area contributed by atoms with Gasteiger partial charge in [0.2, 0.25) is 5.91 Å². The van der Waals surface area contributed by atoms with Crippen LogP contribution in [0.4, 0.5) is 0 Å². The fraction of sp³-hybridized carbons (Fsp3) is 0.481. The van der Waals surface area contributed by atoms with Crippen LogP contribution < -0.4 is 10.9 Å². The number of aromatic nitrogens is 3. The van der Waals surface area contributed by atoms with Crippen molar-refractivity contribution in [1.29, 1.82) is 0 Å². The highest BCUT2D eigenvalue weighted by Crippen LogP contribution is 2.29. The van der Waals surface area contributed by atoms with Crippen molar-refractivity contribution in [2.24, 2.45) is 13.0 Å². The number of rotatable bonds is 8. The number of nitrogens with one attached hydrogen (secondary N) is 1. The Bertz CT molecular complexity index is 1350. The van der Waals surface area contributed by atoms with E-state index in [4.69, 9.17) is 4.98 Å². The largest absolute Gasteiger partial charge is 0.480 e. The Hall–Kier alpha value is -3.50. The van der Waals surface area contributed by atoms with E-state index in [2.05, 4.69) is 9.88 Å². The number of carbonyl (C=O) groups excluding carboxylic acids is 1. The molecule has 1 amide bonds. The third-order valence-corrected chi connectivity index (χ3v) is 7.11. The summed E-state index contributed by atoms with van der Waals surface area (Å²) >= 11 is 0. The number of aliphatic hydroxyl groups is 1. The maximum Gasteiger partial charge on any atom is 0.323 e. The normalized spacial score (nSPS) is 17.6. The number of piperidine rings is 1. The molecule has 0 saturated carbocycles. The quantitative estimate of drug-likeness (QED) is 0.423. The number of nitrogens with zero attached hydrogens (tertiary/aromatic N) is 4. The Labute approximate surface area is 215 Å². The molecule has 0 bridgehead atoms. The van der Waals surface area contributed by atoms with Crippen LogP contribution in [0.3, 0.4) is 0 Å². The fourth-order valence-electron chi connectivity index (χ4n) is 5.13. The zero-order chi connectivity index (χ0) is 26.9. The standard InChI is InChI=1S/C27H35N5O5/c1-16-10-21(15-30(4)26(16)35)25-29-22-8-7-19(12-28-24(17(2)33)27(36)37)11-23(22)32(25)14-20-6-5-9-31(13-20)18(3)34/h7-8,10-11,15,17,20,24,28,33H,5-6,9,12-14H2,1-4H3,(H,36,37)/t17-,20+,24+/m1/s1. The number of hydrogen-bond acceptors (Lipinski definition) is 6. The van der Waals surface area contributed by atoms with Crippen molar-refractivity contribution in [3.63, 3.8) is 0 Å². The van der Waals surface area contributed by atoms with Gasteiger partial charge in [-0.1, -0.05) is 6.07 Å². The molecule has 1 aromatic carbocycles. The second-order valence-corrected chi connectivity index (χ2v) is 10.1. The molecule has 10 nitrogen and oxygen atoms in total. The fourth-order valence-corrected chi connectivity index (χ4v) is 5.13. The second kappa shape index (κ2) is 10.9. The molecule has 37 heavy (non-hydrogen) atoms. The molecule has 0 spiro atoms. The predicted molar refractivity (Wildman–Crippen MR) is 140 cm³/mol. The topological polar surface area (TPSA) is 130 Å². The first-order chi connectivity index (χ1) is 17.5. The van der Waals surface area contributed by atoms with Crippen molar-refractivity contribution >= 4 is 22.9 Å². The number of imidazole rings is 1. The molecule has 1 saturated heterocycles. The summed E-state index contributed by atoms with van der Waals surface area (Å²) in [6, 6.07) is 6.55. The van der Waals surface area contributed by atoms with Gasteiger partial charge in [0.15, 0.2) is 0 Å². The van der Waals surface area contributed by atoms with Crippen molar-refractivity contribution in [2.45, 2.75) is 58.8 Å². The lowest BCUT2D eigenvalue weighted by atomic mass is 9.97. The average molecular weight is 510 g/mol. The number of carbonyl (C=O) groups is 2. The number of carboxylic acid groups (broad SMARTS) is 1. The summed E-state index contributed by atoms with van der Waals surface area (Å²) in [6.45, 7) is 7.20.